The Morgan fingerprint density at radius 1 is 0.867 bits per heavy atom. The summed E-state index contributed by atoms with van der Waals surface area (Å²) >= 11 is 4.64. The predicted octanol–water partition coefficient (Wildman–Crippen LogP) is 3.94. The van der Waals surface area contributed by atoms with Gasteiger partial charge >= 0.3 is 0 Å². The van der Waals surface area contributed by atoms with Crippen molar-refractivity contribution in [2.45, 2.75) is 44.7 Å². The van der Waals surface area contributed by atoms with Crippen LogP contribution >= 0.6 is 45.2 Å². The lowest BCUT2D eigenvalue weighted by Crippen LogP contribution is -2.36. The number of hydrogen-bond acceptors (Lipinski definition) is 2. The first-order chi connectivity index (χ1) is 6.67. The fourth-order valence-electron chi connectivity index (χ4n) is 1.78. The molecule has 0 amide bonds. The Morgan fingerprint density at radius 2 is 1.20 bits per heavy atom. The Bertz CT molecular complexity index is 331. The molecular formula is C11H14I2O2. The summed E-state index contributed by atoms with van der Waals surface area (Å²) < 4.78 is 14.4. The van der Waals surface area contributed by atoms with Crippen molar-refractivity contribution < 1.29 is 9.47 Å². The molecule has 2 nitrogen and oxygen atoms in total. The fourth-order valence-corrected chi connectivity index (χ4v) is 2.86. The van der Waals surface area contributed by atoms with E-state index in [0.717, 1.165) is 0 Å². The van der Waals surface area contributed by atoms with Crippen LogP contribution in [-0.2, 0) is 9.47 Å². The number of halogens is 2. The van der Waals surface area contributed by atoms with Gasteiger partial charge in [-0.25, -0.2) is 0 Å². The first kappa shape index (κ1) is 12.3. The maximum Gasteiger partial charge on any atom is 0.211 e. The summed E-state index contributed by atoms with van der Waals surface area (Å²) in [6.45, 7) is 8.26. The van der Waals surface area contributed by atoms with Gasteiger partial charge in [0.05, 0.1) is 11.2 Å². The Balaban J connectivity index is 2.37. The first-order valence-electron chi connectivity index (χ1n) is 4.85. The Labute approximate surface area is 118 Å². The summed E-state index contributed by atoms with van der Waals surface area (Å²) in [5.74, 6) is -0.639. The second-order valence-electron chi connectivity index (χ2n) is 4.93. The molecule has 0 saturated carbocycles. The van der Waals surface area contributed by atoms with Crippen LogP contribution in [0, 0.1) is 0 Å². The fraction of sp³-hybridized carbons (Fsp3) is 0.636. The van der Waals surface area contributed by atoms with E-state index in [0.29, 0.717) is 0 Å². The highest BCUT2D eigenvalue weighted by Crippen LogP contribution is 2.49. The van der Waals surface area contributed by atoms with Gasteiger partial charge in [0.1, 0.15) is 0 Å². The number of rotatable bonds is 0. The van der Waals surface area contributed by atoms with E-state index in [1.165, 1.54) is 7.16 Å². The normalized spacial score (nSPS) is 30.5. The SMILES string of the molecule is CC1(C)OC2(C=C1I)C=C(I)C(C)(C)O2. The molecule has 84 valence electrons. The first-order valence-corrected chi connectivity index (χ1v) is 7.01. The molecule has 0 bridgehead atoms. The van der Waals surface area contributed by atoms with Gasteiger partial charge in [0, 0.05) is 7.16 Å². The number of ether oxygens (including phenoxy) is 2. The molecule has 4 heteroatoms. The van der Waals surface area contributed by atoms with E-state index >= 15 is 0 Å². The van der Waals surface area contributed by atoms with Crippen molar-refractivity contribution in [1.82, 2.24) is 0 Å². The van der Waals surface area contributed by atoms with Gasteiger partial charge < -0.3 is 9.47 Å². The van der Waals surface area contributed by atoms with Crippen LogP contribution in [0.1, 0.15) is 27.7 Å². The highest BCUT2D eigenvalue weighted by atomic mass is 127. The Morgan fingerprint density at radius 3 is 1.40 bits per heavy atom. The summed E-state index contributed by atoms with van der Waals surface area (Å²) in [5.41, 5.74) is -0.483. The molecule has 0 unspecified atom stereocenters. The zero-order valence-electron chi connectivity index (χ0n) is 9.23. The highest BCUT2D eigenvalue weighted by molar-refractivity contribution is 14.1. The van der Waals surface area contributed by atoms with Gasteiger partial charge in [-0.1, -0.05) is 0 Å². The van der Waals surface area contributed by atoms with Crippen LogP contribution in [0.25, 0.3) is 0 Å². The third kappa shape index (κ3) is 2.02. The lowest BCUT2D eigenvalue weighted by Gasteiger charge is -2.30. The van der Waals surface area contributed by atoms with Crippen molar-refractivity contribution >= 4 is 45.2 Å². The van der Waals surface area contributed by atoms with Gasteiger partial charge in [0.25, 0.3) is 0 Å². The predicted molar refractivity (Wildman–Crippen MR) is 77.3 cm³/mol. The minimum absolute atomic E-state index is 0.242. The molecule has 0 fully saturated rings. The molecule has 0 aliphatic carbocycles. The van der Waals surface area contributed by atoms with Crippen LogP contribution < -0.4 is 0 Å². The molecule has 2 rings (SSSR count). The van der Waals surface area contributed by atoms with Gasteiger partial charge in [-0.3, -0.25) is 0 Å². The summed E-state index contributed by atoms with van der Waals surface area (Å²) in [5, 5.41) is 0. The Hall–Kier alpha value is 0.860. The third-order valence-electron chi connectivity index (χ3n) is 2.64. The van der Waals surface area contributed by atoms with Crippen molar-refractivity contribution in [3.05, 3.63) is 19.3 Å². The molecule has 0 aromatic carbocycles. The third-order valence-corrected chi connectivity index (χ3v) is 5.86. The lowest BCUT2D eigenvalue weighted by molar-refractivity contribution is -0.220. The zero-order valence-corrected chi connectivity index (χ0v) is 13.5. The second-order valence-corrected chi connectivity index (χ2v) is 7.26. The van der Waals surface area contributed by atoms with Crippen molar-refractivity contribution in [2.24, 2.45) is 0 Å². The minimum Gasteiger partial charge on any atom is -0.332 e. The lowest BCUT2D eigenvalue weighted by atomic mass is 10.1. The summed E-state index contributed by atoms with van der Waals surface area (Å²) in [6.07, 6.45) is 4.14. The topological polar surface area (TPSA) is 18.5 Å². The van der Waals surface area contributed by atoms with Crippen molar-refractivity contribution in [3.63, 3.8) is 0 Å². The van der Waals surface area contributed by atoms with E-state index in [1.54, 1.807) is 0 Å². The molecule has 2 aliphatic rings. The molecule has 2 heterocycles. The minimum atomic E-state index is -0.639. The van der Waals surface area contributed by atoms with Crippen LogP contribution in [0.5, 0.6) is 0 Å². The van der Waals surface area contributed by atoms with Crippen molar-refractivity contribution in [2.75, 3.05) is 0 Å². The standard InChI is InChI=1S/C11H14I2O2/c1-9(2)7(12)5-11(14-9)6-8(13)10(3,4)15-11/h5-6H,1-4H3. The molecule has 0 aromatic rings. The van der Waals surface area contributed by atoms with E-state index < -0.39 is 5.79 Å². The van der Waals surface area contributed by atoms with Gasteiger partial charge in [-0.05, 0) is 85.0 Å². The van der Waals surface area contributed by atoms with Crippen LogP contribution in [0.4, 0.5) is 0 Å². The van der Waals surface area contributed by atoms with Crippen LogP contribution in [0.15, 0.2) is 19.3 Å². The van der Waals surface area contributed by atoms with E-state index in [9.17, 15) is 0 Å². The van der Waals surface area contributed by atoms with E-state index in [2.05, 4.69) is 85.0 Å². The molecule has 0 N–H and O–H groups in total. The molecule has 0 atom stereocenters. The van der Waals surface area contributed by atoms with Gasteiger partial charge in [-0.2, -0.15) is 0 Å². The molecule has 0 aromatic heterocycles. The highest BCUT2D eigenvalue weighted by Gasteiger charge is 2.51. The molecule has 15 heavy (non-hydrogen) atoms. The largest absolute Gasteiger partial charge is 0.332 e. The maximum absolute atomic E-state index is 6.01. The average Bonchev–Trinajstić information content (AvgIpc) is 2.31. The second kappa shape index (κ2) is 3.43. The summed E-state index contributed by atoms with van der Waals surface area (Å²) in [6, 6.07) is 0. The van der Waals surface area contributed by atoms with Crippen LogP contribution in [0.2, 0.25) is 0 Å². The van der Waals surface area contributed by atoms with Crippen LogP contribution in [0.3, 0.4) is 0 Å². The van der Waals surface area contributed by atoms with E-state index in [-0.39, 0.29) is 11.2 Å². The van der Waals surface area contributed by atoms with Crippen molar-refractivity contribution in [1.29, 1.82) is 0 Å². The molecule has 1 spiro atoms. The van der Waals surface area contributed by atoms with E-state index in [4.69, 9.17) is 9.47 Å². The molecule has 0 saturated heterocycles. The molecule has 0 radical (unpaired) electrons. The molecular weight excluding hydrogens is 418 g/mol. The van der Waals surface area contributed by atoms with Gasteiger partial charge in [0.15, 0.2) is 0 Å². The van der Waals surface area contributed by atoms with Crippen molar-refractivity contribution in [3.8, 4) is 0 Å². The maximum atomic E-state index is 6.01. The quantitative estimate of drug-likeness (QED) is 0.541. The summed E-state index contributed by atoms with van der Waals surface area (Å²) in [7, 11) is 0. The smallest absolute Gasteiger partial charge is 0.211 e. The number of hydrogen-bond donors (Lipinski definition) is 0. The van der Waals surface area contributed by atoms with Crippen LogP contribution in [-0.4, -0.2) is 17.0 Å². The monoisotopic (exact) mass is 432 g/mol. The van der Waals surface area contributed by atoms with Gasteiger partial charge in [0.2, 0.25) is 5.79 Å². The summed E-state index contributed by atoms with van der Waals surface area (Å²) in [4.78, 5) is 0. The zero-order chi connectivity index (χ0) is 11.5. The Kier molecular flexibility index (Phi) is 2.82. The van der Waals surface area contributed by atoms with Gasteiger partial charge in [-0.15, -0.1) is 0 Å². The average molecular weight is 432 g/mol. The van der Waals surface area contributed by atoms with E-state index in [1.807, 2.05) is 0 Å². The molecule has 2 aliphatic heterocycles.